The Kier molecular flexibility index (Phi) is 4.13. The normalized spacial score (nSPS) is 10.5. The van der Waals surface area contributed by atoms with Gasteiger partial charge in [0.05, 0.1) is 10.6 Å². The van der Waals surface area contributed by atoms with Gasteiger partial charge in [0.1, 0.15) is 0 Å². The van der Waals surface area contributed by atoms with E-state index in [9.17, 15) is 0 Å². The molecule has 0 saturated carbocycles. The van der Waals surface area contributed by atoms with Crippen molar-refractivity contribution in [1.82, 2.24) is 4.57 Å². The van der Waals surface area contributed by atoms with E-state index in [1.165, 1.54) is 5.56 Å². The zero-order chi connectivity index (χ0) is 12.3. The van der Waals surface area contributed by atoms with Crippen LogP contribution in [0.5, 0.6) is 0 Å². The van der Waals surface area contributed by atoms with Gasteiger partial charge in [-0.15, -0.1) is 0 Å². The van der Waals surface area contributed by atoms with Crippen LogP contribution in [0.15, 0.2) is 42.6 Å². The van der Waals surface area contributed by atoms with Crippen molar-refractivity contribution in [2.24, 2.45) is 0 Å². The molecular formula is C14H14BrNS. The SMILES string of the molecule is Cc1ccc(C(=S)c2cccn2CCBr)cc1. The number of nitrogens with zero attached hydrogens (tertiary/aromatic N) is 1. The number of benzene rings is 1. The summed E-state index contributed by atoms with van der Waals surface area (Å²) in [5, 5.41) is 0.936. The van der Waals surface area contributed by atoms with Crippen molar-refractivity contribution in [2.75, 3.05) is 5.33 Å². The second-order valence-corrected chi connectivity index (χ2v) is 5.17. The molecule has 0 fully saturated rings. The Labute approximate surface area is 116 Å². The molecule has 3 heteroatoms. The zero-order valence-electron chi connectivity index (χ0n) is 9.69. The Hall–Kier alpha value is -0.930. The van der Waals surface area contributed by atoms with Gasteiger partial charge in [-0.25, -0.2) is 0 Å². The first kappa shape index (κ1) is 12.5. The molecule has 1 aromatic carbocycles. The van der Waals surface area contributed by atoms with E-state index in [0.717, 1.165) is 28.0 Å². The lowest BCUT2D eigenvalue weighted by Crippen LogP contribution is -2.09. The molecule has 0 unspecified atom stereocenters. The lowest BCUT2D eigenvalue weighted by Gasteiger charge is -2.09. The molecule has 0 amide bonds. The van der Waals surface area contributed by atoms with E-state index in [0.29, 0.717) is 0 Å². The minimum absolute atomic E-state index is 0.913. The van der Waals surface area contributed by atoms with Gasteiger partial charge < -0.3 is 4.57 Å². The Bertz CT molecular complexity index is 513. The number of alkyl halides is 1. The third-order valence-corrected chi connectivity index (χ3v) is 3.50. The molecule has 0 radical (unpaired) electrons. The fraction of sp³-hybridized carbons (Fsp3) is 0.214. The summed E-state index contributed by atoms with van der Waals surface area (Å²) in [6.07, 6.45) is 2.07. The predicted molar refractivity (Wildman–Crippen MR) is 80.2 cm³/mol. The van der Waals surface area contributed by atoms with Gasteiger partial charge in [0.2, 0.25) is 0 Å². The average molecular weight is 308 g/mol. The Morgan fingerprint density at radius 1 is 1.24 bits per heavy atom. The molecule has 0 atom stereocenters. The van der Waals surface area contributed by atoms with Crippen LogP contribution in [0, 0.1) is 6.92 Å². The number of halogens is 1. The molecule has 1 aromatic heterocycles. The summed E-state index contributed by atoms with van der Waals surface area (Å²) in [4.78, 5) is 0.913. The summed E-state index contributed by atoms with van der Waals surface area (Å²) in [5.41, 5.74) is 3.48. The third-order valence-electron chi connectivity index (χ3n) is 2.70. The summed E-state index contributed by atoms with van der Waals surface area (Å²) in [6, 6.07) is 12.5. The highest BCUT2D eigenvalue weighted by atomic mass is 79.9. The lowest BCUT2D eigenvalue weighted by molar-refractivity contribution is 0.776. The van der Waals surface area contributed by atoms with Crippen molar-refractivity contribution in [3.63, 3.8) is 0 Å². The Morgan fingerprint density at radius 3 is 2.59 bits per heavy atom. The maximum atomic E-state index is 5.55. The van der Waals surface area contributed by atoms with Gasteiger partial charge in [-0.3, -0.25) is 0 Å². The summed E-state index contributed by atoms with van der Waals surface area (Å²) in [7, 11) is 0. The monoisotopic (exact) mass is 307 g/mol. The van der Waals surface area contributed by atoms with Crippen LogP contribution < -0.4 is 0 Å². The second kappa shape index (κ2) is 5.61. The van der Waals surface area contributed by atoms with Crippen molar-refractivity contribution < 1.29 is 0 Å². The molecule has 0 N–H and O–H groups in total. The first-order chi connectivity index (χ1) is 8.22. The molecule has 0 saturated heterocycles. The topological polar surface area (TPSA) is 4.93 Å². The van der Waals surface area contributed by atoms with Crippen LogP contribution in [0.2, 0.25) is 0 Å². The standard InChI is InChI=1S/C14H14BrNS/c1-11-4-6-12(7-5-11)14(17)13-3-2-9-16(13)10-8-15/h2-7,9H,8,10H2,1H3. The summed E-state index contributed by atoms with van der Waals surface area (Å²) in [6.45, 7) is 3.02. The van der Waals surface area contributed by atoms with Crippen molar-refractivity contribution in [2.45, 2.75) is 13.5 Å². The second-order valence-electron chi connectivity index (χ2n) is 3.97. The number of aromatic nitrogens is 1. The molecule has 2 rings (SSSR count). The number of hydrogen-bond donors (Lipinski definition) is 0. The van der Waals surface area contributed by atoms with Gasteiger partial charge in [-0.2, -0.15) is 0 Å². The van der Waals surface area contributed by atoms with Crippen LogP contribution in [0.25, 0.3) is 0 Å². The van der Waals surface area contributed by atoms with Gasteiger partial charge in [-0.05, 0) is 24.6 Å². The molecule has 1 nitrogen and oxygen atoms in total. The summed E-state index contributed by atoms with van der Waals surface area (Å²) >= 11 is 9.01. The first-order valence-corrected chi connectivity index (χ1v) is 7.08. The largest absolute Gasteiger partial charge is 0.346 e. The number of aryl methyl sites for hydroxylation is 2. The predicted octanol–water partition coefficient (Wildman–Crippen LogP) is 3.96. The van der Waals surface area contributed by atoms with Gasteiger partial charge in [-0.1, -0.05) is 58.0 Å². The zero-order valence-corrected chi connectivity index (χ0v) is 12.1. The fourth-order valence-electron chi connectivity index (χ4n) is 1.76. The van der Waals surface area contributed by atoms with Crippen molar-refractivity contribution in [3.8, 4) is 0 Å². The number of thiocarbonyl (C=S) groups is 1. The maximum absolute atomic E-state index is 5.55. The van der Waals surface area contributed by atoms with Gasteiger partial charge in [0.25, 0.3) is 0 Å². The number of hydrogen-bond acceptors (Lipinski definition) is 1. The molecule has 0 aliphatic carbocycles. The maximum Gasteiger partial charge on any atom is 0.0686 e. The van der Waals surface area contributed by atoms with Gasteiger partial charge >= 0.3 is 0 Å². The van der Waals surface area contributed by atoms with E-state index in [-0.39, 0.29) is 0 Å². The lowest BCUT2D eigenvalue weighted by atomic mass is 10.1. The highest BCUT2D eigenvalue weighted by molar-refractivity contribution is 9.09. The third kappa shape index (κ3) is 2.85. The minimum atomic E-state index is 0.913. The van der Waals surface area contributed by atoms with Crippen LogP contribution in [0.3, 0.4) is 0 Å². The van der Waals surface area contributed by atoms with Crippen molar-refractivity contribution >= 4 is 33.0 Å². The minimum Gasteiger partial charge on any atom is -0.346 e. The summed E-state index contributed by atoms with van der Waals surface area (Å²) < 4.78 is 2.18. The fourth-order valence-corrected chi connectivity index (χ4v) is 2.46. The molecule has 2 aromatic rings. The molecule has 17 heavy (non-hydrogen) atoms. The Morgan fingerprint density at radius 2 is 1.94 bits per heavy atom. The summed E-state index contributed by atoms with van der Waals surface area (Å²) in [5.74, 6) is 0. The van der Waals surface area contributed by atoms with Crippen molar-refractivity contribution in [1.29, 1.82) is 0 Å². The molecule has 0 spiro atoms. The van der Waals surface area contributed by atoms with E-state index in [2.05, 4.69) is 63.9 Å². The molecule has 1 heterocycles. The quantitative estimate of drug-likeness (QED) is 0.470. The van der Waals surface area contributed by atoms with Crippen LogP contribution in [-0.2, 0) is 6.54 Å². The molecular weight excluding hydrogens is 294 g/mol. The van der Waals surface area contributed by atoms with E-state index < -0.39 is 0 Å². The molecule has 0 bridgehead atoms. The van der Waals surface area contributed by atoms with E-state index in [4.69, 9.17) is 12.2 Å². The first-order valence-electron chi connectivity index (χ1n) is 5.55. The van der Waals surface area contributed by atoms with Crippen molar-refractivity contribution in [3.05, 3.63) is 59.4 Å². The smallest absolute Gasteiger partial charge is 0.0686 e. The van der Waals surface area contributed by atoms with E-state index >= 15 is 0 Å². The van der Waals surface area contributed by atoms with Gasteiger partial charge in [0, 0.05) is 18.1 Å². The van der Waals surface area contributed by atoms with E-state index in [1.807, 2.05) is 6.07 Å². The average Bonchev–Trinajstić information content (AvgIpc) is 2.78. The van der Waals surface area contributed by atoms with Crippen LogP contribution >= 0.6 is 28.1 Å². The van der Waals surface area contributed by atoms with E-state index in [1.54, 1.807) is 0 Å². The van der Waals surface area contributed by atoms with Crippen LogP contribution in [0.1, 0.15) is 16.8 Å². The van der Waals surface area contributed by atoms with Gasteiger partial charge in [0.15, 0.2) is 0 Å². The molecule has 0 aliphatic heterocycles. The highest BCUT2D eigenvalue weighted by Crippen LogP contribution is 2.13. The highest BCUT2D eigenvalue weighted by Gasteiger charge is 2.08. The molecule has 88 valence electrons. The van der Waals surface area contributed by atoms with Crippen LogP contribution in [-0.4, -0.2) is 14.8 Å². The van der Waals surface area contributed by atoms with Crippen LogP contribution in [0.4, 0.5) is 0 Å². The Balaban J connectivity index is 2.30. The number of rotatable bonds is 4. The molecule has 0 aliphatic rings.